The van der Waals surface area contributed by atoms with Crippen molar-refractivity contribution in [2.75, 3.05) is 19.8 Å². The third-order valence-corrected chi connectivity index (χ3v) is 3.89. The Morgan fingerprint density at radius 1 is 1.29 bits per heavy atom. The largest absolute Gasteiger partial charge is 0.491 e. The van der Waals surface area contributed by atoms with Crippen LogP contribution in [0.25, 0.3) is 0 Å². The second-order valence-corrected chi connectivity index (χ2v) is 6.21. The highest BCUT2D eigenvalue weighted by molar-refractivity contribution is 5.29. The van der Waals surface area contributed by atoms with Crippen LogP contribution < -0.4 is 10.1 Å². The molecule has 2 atom stereocenters. The van der Waals surface area contributed by atoms with Crippen molar-refractivity contribution >= 4 is 0 Å². The third-order valence-electron chi connectivity index (χ3n) is 3.89. The summed E-state index contributed by atoms with van der Waals surface area (Å²) in [7, 11) is 0. The minimum absolute atomic E-state index is 0.223. The lowest BCUT2D eigenvalue weighted by Gasteiger charge is -2.22. The van der Waals surface area contributed by atoms with Crippen LogP contribution >= 0.6 is 0 Å². The maximum atomic E-state index is 5.72. The van der Waals surface area contributed by atoms with Crippen molar-refractivity contribution in [3.8, 4) is 5.75 Å². The molecule has 2 rings (SSSR count). The predicted molar refractivity (Wildman–Crippen MR) is 86.8 cm³/mol. The Morgan fingerprint density at radius 2 is 2.05 bits per heavy atom. The minimum Gasteiger partial charge on any atom is -0.491 e. The summed E-state index contributed by atoms with van der Waals surface area (Å²) in [5.74, 6) is 1.64. The maximum Gasteiger partial charge on any atom is 0.119 e. The van der Waals surface area contributed by atoms with Crippen LogP contribution in [0.15, 0.2) is 24.3 Å². The first-order valence-corrected chi connectivity index (χ1v) is 8.26. The van der Waals surface area contributed by atoms with Crippen LogP contribution in [0.5, 0.6) is 5.75 Å². The van der Waals surface area contributed by atoms with Crippen molar-refractivity contribution in [2.24, 2.45) is 5.92 Å². The van der Waals surface area contributed by atoms with Crippen LogP contribution in [0, 0.1) is 5.92 Å². The van der Waals surface area contributed by atoms with Gasteiger partial charge in [0.05, 0.1) is 6.10 Å². The molecule has 1 aromatic rings. The van der Waals surface area contributed by atoms with Crippen molar-refractivity contribution in [3.05, 3.63) is 29.8 Å². The fourth-order valence-corrected chi connectivity index (χ4v) is 2.81. The van der Waals surface area contributed by atoms with Gasteiger partial charge >= 0.3 is 0 Å². The summed E-state index contributed by atoms with van der Waals surface area (Å²) in [6, 6.07) is 8.98. The molecule has 1 saturated heterocycles. The fourth-order valence-electron chi connectivity index (χ4n) is 2.81. The van der Waals surface area contributed by atoms with E-state index in [0.29, 0.717) is 12.0 Å². The summed E-state index contributed by atoms with van der Waals surface area (Å²) < 4.78 is 11.2. The fraction of sp³-hybridized carbons (Fsp3) is 0.667. The Bertz CT molecular complexity index is 396. The third kappa shape index (κ3) is 5.33. The van der Waals surface area contributed by atoms with Crippen molar-refractivity contribution in [1.82, 2.24) is 5.32 Å². The van der Waals surface area contributed by atoms with Gasteiger partial charge in [0.1, 0.15) is 5.75 Å². The van der Waals surface area contributed by atoms with Gasteiger partial charge < -0.3 is 14.8 Å². The summed E-state index contributed by atoms with van der Waals surface area (Å²) in [5, 5.41) is 3.68. The molecule has 21 heavy (non-hydrogen) atoms. The van der Waals surface area contributed by atoms with Gasteiger partial charge in [-0.15, -0.1) is 0 Å². The zero-order chi connectivity index (χ0) is 15.1. The number of hydrogen-bond acceptors (Lipinski definition) is 3. The van der Waals surface area contributed by atoms with E-state index in [2.05, 4.69) is 50.4 Å². The quantitative estimate of drug-likeness (QED) is 0.787. The molecule has 3 nitrogen and oxygen atoms in total. The molecule has 0 aromatic heterocycles. The second-order valence-electron chi connectivity index (χ2n) is 6.21. The first-order valence-electron chi connectivity index (χ1n) is 8.26. The van der Waals surface area contributed by atoms with E-state index in [4.69, 9.17) is 9.47 Å². The number of rotatable bonds is 8. The van der Waals surface area contributed by atoms with Gasteiger partial charge in [-0.1, -0.05) is 19.1 Å². The van der Waals surface area contributed by atoms with Crippen LogP contribution in [-0.4, -0.2) is 25.9 Å². The molecular formula is C18H29NO2. The molecule has 1 fully saturated rings. The Morgan fingerprint density at radius 3 is 2.62 bits per heavy atom. The first kappa shape index (κ1) is 16.3. The van der Waals surface area contributed by atoms with E-state index in [9.17, 15) is 0 Å². The minimum atomic E-state index is 0.223. The van der Waals surface area contributed by atoms with E-state index < -0.39 is 0 Å². The standard InChI is InChI=1S/C18H29NO2/c1-4-10-19-18(12-15-9-11-20-13-15)16-5-7-17(8-6-16)21-14(2)3/h5-8,14-15,18-19H,4,9-13H2,1-3H3. The van der Waals surface area contributed by atoms with Crippen LogP contribution in [0.4, 0.5) is 0 Å². The Hall–Kier alpha value is -1.06. The van der Waals surface area contributed by atoms with E-state index in [-0.39, 0.29) is 6.10 Å². The lowest BCUT2D eigenvalue weighted by atomic mass is 9.94. The molecule has 2 unspecified atom stereocenters. The Balaban J connectivity index is 2.00. The summed E-state index contributed by atoms with van der Waals surface area (Å²) >= 11 is 0. The van der Waals surface area contributed by atoms with Crippen molar-refractivity contribution < 1.29 is 9.47 Å². The van der Waals surface area contributed by atoms with Crippen molar-refractivity contribution in [1.29, 1.82) is 0 Å². The molecule has 3 heteroatoms. The van der Waals surface area contributed by atoms with E-state index >= 15 is 0 Å². The van der Waals surface area contributed by atoms with Crippen LogP contribution in [-0.2, 0) is 4.74 Å². The summed E-state index contributed by atoms with van der Waals surface area (Å²) in [6.45, 7) is 9.22. The summed E-state index contributed by atoms with van der Waals surface area (Å²) in [6.07, 6.45) is 3.73. The normalized spacial score (nSPS) is 19.9. The highest BCUT2D eigenvalue weighted by Crippen LogP contribution is 2.28. The van der Waals surface area contributed by atoms with E-state index in [1.54, 1.807) is 0 Å². The van der Waals surface area contributed by atoms with Crippen molar-refractivity contribution in [3.63, 3.8) is 0 Å². The topological polar surface area (TPSA) is 30.5 Å². The molecule has 0 spiro atoms. The first-order chi connectivity index (χ1) is 10.2. The second kappa shape index (κ2) is 8.40. The molecule has 1 aliphatic rings. The summed E-state index contributed by atoms with van der Waals surface area (Å²) in [5.41, 5.74) is 1.35. The summed E-state index contributed by atoms with van der Waals surface area (Å²) in [4.78, 5) is 0. The highest BCUT2D eigenvalue weighted by Gasteiger charge is 2.21. The van der Waals surface area contributed by atoms with Gasteiger partial charge in [0, 0.05) is 19.3 Å². The predicted octanol–water partition coefficient (Wildman–Crippen LogP) is 3.94. The number of ether oxygens (including phenoxy) is 2. The monoisotopic (exact) mass is 291 g/mol. The number of hydrogen-bond donors (Lipinski definition) is 1. The Kier molecular flexibility index (Phi) is 6.52. The molecule has 0 bridgehead atoms. The average Bonchev–Trinajstić information content (AvgIpc) is 2.97. The average molecular weight is 291 g/mol. The molecule has 118 valence electrons. The molecule has 0 aliphatic carbocycles. The molecule has 1 aliphatic heterocycles. The zero-order valence-electron chi connectivity index (χ0n) is 13.6. The van der Waals surface area contributed by atoms with E-state index in [0.717, 1.165) is 38.3 Å². The van der Waals surface area contributed by atoms with Gasteiger partial charge in [0.25, 0.3) is 0 Å². The lowest BCUT2D eigenvalue weighted by molar-refractivity contribution is 0.181. The smallest absolute Gasteiger partial charge is 0.119 e. The number of benzene rings is 1. The number of nitrogens with one attached hydrogen (secondary N) is 1. The highest BCUT2D eigenvalue weighted by atomic mass is 16.5. The van der Waals surface area contributed by atoms with Gasteiger partial charge in [-0.2, -0.15) is 0 Å². The van der Waals surface area contributed by atoms with Gasteiger partial charge in [-0.25, -0.2) is 0 Å². The van der Waals surface area contributed by atoms with Gasteiger partial charge in [0.15, 0.2) is 0 Å². The Labute approximate surface area is 129 Å². The molecule has 1 heterocycles. The molecule has 0 amide bonds. The molecule has 1 N–H and O–H groups in total. The van der Waals surface area contributed by atoms with E-state index in [1.807, 2.05) is 0 Å². The lowest BCUT2D eigenvalue weighted by Crippen LogP contribution is -2.24. The van der Waals surface area contributed by atoms with Crippen LogP contribution in [0.3, 0.4) is 0 Å². The van der Waals surface area contributed by atoms with Gasteiger partial charge in [0.2, 0.25) is 0 Å². The van der Waals surface area contributed by atoms with E-state index in [1.165, 1.54) is 12.0 Å². The molecule has 0 saturated carbocycles. The van der Waals surface area contributed by atoms with Gasteiger partial charge in [-0.05, 0) is 63.3 Å². The SMILES string of the molecule is CCCNC(CC1CCOC1)c1ccc(OC(C)C)cc1. The zero-order valence-corrected chi connectivity index (χ0v) is 13.6. The molecule has 0 radical (unpaired) electrons. The molecular weight excluding hydrogens is 262 g/mol. The molecule has 1 aromatic carbocycles. The van der Waals surface area contributed by atoms with Crippen molar-refractivity contribution in [2.45, 2.75) is 52.2 Å². The van der Waals surface area contributed by atoms with Crippen LogP contribution in [0.1, 0.15) is 51.6 Å². The van der Waals surface area contributed by atoms with Crippen LogP contribution in [0.2, 0.25) is 0 Å². The maximum absolute atomic E-state index is 5.72. The van der Waals surface area contributed by atoms with Gasteiger partial charge in [-0.3, -0.25) is 0 Å².